The predicted octanol–water partition coefficient (Wildman–Crippen LogP) is 3.39. The molecule has 0 saturated carbocycles. The van der Waals surface area contributed by atoms with Crippen LogP contribution in [0.4, 0.5) is 4.79 Å². The number of piperidine rings is 1. The predicted molar refractivity (Wildman–Crippen MR) is 129 cm³/mol. The van der Waals surface area contributed by atoms with Gasteiger partial charge in [0, 0.05) is 20.1 Å². The minimum absolute atomic E-state index is 0.0386. The third-order valence-corrected chi connectivity index (χ3v) is 6.84. The van der Waals surface area contributed by atoms with Gasteiger partial charge in [0.1, 0.15) is 5.60 Å². The molecule has 7 nitrogen and oxygen atoms in total. The molecule has 1 atom stereocenters. The van der Waals surface area contributed by atoms with E-state index in [0.29, 0.717) is 19.5 Å². The molecule has 0 N–H and O–H groups in total. The van der Waals surface area contributed by atoms with Gasteiger partial charge in [0.2, 0.25) is 5.91 Å². The second kappa shape index (κ2) is 9.30. The van der Waals surface area contributed by atoms with E-state index in [1.807, 2.05) is 77.6 Å². The molecule has 3 rings (SSSR count). The van der Waals surface area contributed by atoms with Crippen LogP contribution < -0.4 is 5.46 Å². The SMILES string of the molecule is CN(C(=O)OC(C)(C)C)[C@H]1CCCN(C(=O)Cc2ccc(B3OC(C)(C)C(C)(C)O3)cc2)C1. The van der Waals surface area contributed by atoms with Gasteiger partial charge in [-0.2, -0.15) is 0 Å². The highest BCUT2D eigenvalue weighted by Crippen LogP contribution is 2.36. The van der Waals surface area contributed by atoms with E-state index in [4.69, 9.17) is 14.0 Å². The lowest BCUT2D eigenvalue weighted by atomic mass is 9.79. The lowest BCUT2D eigenvalue weighted by molar-refractivity contribution is -0.132. The van der Waals surface area contributed by atoms with Gasteiger partial charge in [-0.25, -0.2) is 4.79 Å². The average Bonchev–Trinajstić information content (AvgIpc) is 2.94. The molecule has 33 heavy (non-hydrogen) atoms. The molecule has 2 heterocycles. The molecule has 1 aromatic rings. The molecule has 0 spiro atoms. The van der Waals surface area contributed by atoms with Gasteiger partial charge in [0.05, 0.1) is 23.7 Å². The van der Waals surface area contributed by atoms with Crippen LogP contribution in [0.2, 0.25) is 0 Å². The molecule has 182 valence electrons. The standard InChI is InChI=1S/C25H39BN2O5/c1-23(2,3)31-22(30)27(8)20-10-9-15-28(17-20)21(29)16-18-11-13-19(14-12-18)26-32-24(4,5)25(6,7)33-26/h11-14,20H,9-10,15-17H2,1-8H3/t20-/m0/s1. The van der Waals surface area contributed by atoms with Crippen molar-refractivity contribution in [2.24, 2.45) is 0 Å². The van der Waals surface area contributed by atoms with Crippen molar-refractivity contribution in [3.8, 4) is 0 Å². The van der Waals surface area contributed by atoms with Crippen LogP contribution in [0.5, 0.6) is 0 Å². The van der Waals surface area contributed by atoms with Gasteiger partial charge in [0.15, 0.2) is 0 Å². The average molecular weight is 458 g/mol. The summed E-state index contributed by atoms with van der Waals surface area (Å²) >= 11 is 0. The summed E-state index contributed by atoms with van der Waals surface area (Å²) in [6.07, 6.45) is 1.71. The number of carbonyl (C=O) groups is 2. The van der Waals surface area contributed by atoms with Crippen molar-refractivity contribution in [1.82, 2.24) is 9.80 Å². The maximum Gasteiger partial charge on any atom is 0.494 e. The molecule has 2 aliphatic rings. The Morgan fingerprint density at radius 3 is 2.24 bits per heavy atom. The second-order valence-corrected chi connectivity index (χ2v) is 11.2. The molecule has 0 bridgehead atoms. The van der Waals surface area contributed by atoms with Crippen LogP contribution in [0.3, 0.4) is 0 Å². The van der Waals surface area contributed by atoms with Crippen LogP contribution in [0.15, 0.2) is 24.3 Å². The van der Waals surface area contributed by atoms with Gasteiger partial charge in [-0.15, -0.1) is 0 Å². The highest BCUT2D eigenvalue weighted by molar-refractivity contribution is 6.62. The molecule has 0 aliphatic carbocycles. The number of hydrogen-bond donors (Lipinski definition) is 0. The summed E-state index contributed by atoms with van der Waals surface area (Å²) in [6.45, 7) is 14.9. The Bertz CT molecular complexity index is 847. The maximum absolute atomic E-state index is 13.0. The van der Waals surface area contributed by atoms with Crippen LogP contribution >= 0.6 is 0 Å². The molecule has 0 unspecified atom stereocenters. The van der Waals surface area contributed by atoms with Gasteiger partial charge in [-0.3, -0.25) is 4.79 Å². The molecule has 8 heteroatoms. The first-order valence-electron chi connectivity index (χ1n) is 11.9. The molecule has 2 amide bonds. The van der Waals surface area contributed by atoms with Crippen molar-refractivity contribution in [1.29, 1.82) is 0 Å². The zero-order valence-corrected chi connectivity index (χ0v) is 21.4. The van der Waals surface area contributed by atoms with Gasteiger partial charge in [-0.05, 0) is 72.3 Å². The fourth-order valence-electron chi connectivity index (χ4n) is 4.04. The van der Waals surface area contributed by atoms with Crippen LogP contribution in [0.1, 0.15) is 66.9 Å². The van der Waals surface area contributed by atoms with Gasteiger partial charge >= 0.3 is 13.2 Å². The van der Waals surface area contributed by atoms with E-state index in [9.17, 15) is 9.59 Å². The van der Waals surface area contributed by atoms with Crippen LogP contribution in [0, 0.1) is 0 Å². The third-order valence-electron chi connectivity index (χ3n) is 6.84. The van der Waals surface area contributed by atoms with E-state index in [1.165, 1.54) is 0 Å². The Morgan fingerprint density at radius 2 is 1.70 bits per heavy atom. The Morgan fingerprint density at radius 1 is 1.12 bits per heavy atom. The minimum Gasteiger partial charge on any atom is -0.444 e. The van der Waals surface area contributed by atoms with Gasteiger partial charge in [0.25, 0.3) is 0 Å². The summed E-state index contributed by atoms with van der Waals surface area (Å²) in [5.74, 6) is 0.0701. The van der Waals surface area contributed by atoms with Crippen LogP contribution in [0.25, 0.3) is 0 Å². The van der Waals surface area contributed by atoms with Crippen molar-refractivity contribution in [3.05, 3.63) is 29.8 Å². The van der Waals surface area contributed by atoms with Crippen molar-refractivity contribution in [3.63, 3.8) is 0 Å². The summed E-state index contributed by atoms with van der Waals surface area (Å²) in [7, 11) is 1.34. The monoisotopic (exact) mass is 458 g/mol. The Balaban J connectivity index is 1.57. The third kappa shape index (κ3) is 6.09. The van der Waals surface area contributed by atoms with E-state index in [2.05, 4.69) is 0 Å². The first-order chi connectivity index (χ1) is 15.2. The lowest BCUT2D eigenvalue weighted by Gasteiger charge is -2.38. The summed E-state index contributed by atoms with van der Waals surface area (Å²) in [6, 6.07) is 7.84. The van der Waals surface area contributed by atoms with Gasteiger partial charge < -0.3 is 23.8 Å². The fourth-order valence-corrected chi connectivity index (χ4v) is 4.04. The second-order valence-electron chi connectivity index (χ2n) is 11.2. The van der Waals surface area contributed by atoms with Crippen molar-refractivity contribution in [2.75, 3.05) is 20.1 Å². The number of nitrogens with zero attached hydrogens (tertiary/aromatic N) is 2. The summed E-state index contributed by atoms with van der Waals surface area (Å²) < 4.78 is 17.7. The van der Waals surface area contributed by atoms with E-state index in [0.717, 1.165) is 23.9 Å². The highest BCUT2D eigenvalue weighted by Gasteiger charge is 2.51. The molecule has 0 radical (unpaired) electrons. The summed E-state index contributed by atoms with van der Waals surface area (Å²) in [4.78, 5) is 28.9. The van der Waals surface area contributed by atoms with E-state index in [-0.39, 0.29) is 29.2 Å². The number of amides is 2. The van der Waals surface area contributed by atoms with Gasteiger partial charge in [-0.1, -0.05) is 24.3 Å². The normalized spacial score (nSPS) is 22.2. The molecule has 2 aliphatic heterocycles. The van der Waals surface area contributed by atoms with E-state index < -0.39 is 12.7 Å². The first-order valence-corrected chi connectivity index (χ1v) is 11.9. The summed E-state index contributed by atoms with van der Waals surface area (Å²) in [5.41, 5.74) is 0.583. The largest absolute Gasteiger partial charge is 0.494 e. The van der Waals surface area contributed by atoms with Crippen molar-refractivity contribution in [2.45, 2.75) is 90.6 Å². The Kier molecular flexibility index (Phi) is 7.20. The highest BCUT2D eigenvalue weighted by atomic mass is 16.7. The number of ether oxygens (including phenoxy) is 1. The number of hydrogen-bond acceptors (Lipinski definition) is 5. The number of likely N-dealkylation sites (N-methyl/N-ethyl adjacent to an activating group) is 1. The number of likely N-dealkylation sites (tertiary alicyclic amines) is 1. The summed E-state index contributed by atoms with van der Waals surface area (Å²) in [5, 5.41) is 0. The van der Waals surface area contributed by atoms with Crippen LogP contribution in [-0.4, -0.2) is 71.9 Å². The zero-order valence-electron chi connectivity index (χ0n) is 21.4. The maximum atomic E-state index is 13.0. The molecule has 2 fully saturated rings. The van der Waals surface area contributed by atoms with E-state index >= 15 is 0 Å². The lowest BCUT2D eigenvalue weighted by Crippen LogP contribution is -2.51. The molecular weight excluding hydrogens is 419 g/mol. The topological polar surface area (TPSA) is 68.3 Å². The molecular formula is C25H39BN2O5. The van der Waals surface area contributed by atoms with E-state index in [1.54, 1.807) is 11.9 Å². The fraction of sp³-hybridized carbons (Fsp3) is 0.680. The Labute approximate surface area is 198 Å². The smallest absolute Gasteiger partial charge is 0.444 e. The number of benzene rings is 1. The first kappa shape index (κ1) is 25.6. The quantitative estimate of drug-likeness (QED) is 0.648. The van der Waals surface area contributed by atoms with Crippen molar-refractivity contribution < 1.29 is 23.6 Å². The van der Waals surface area contributed by atoms with Crippen LogP contribution in [-0.2, 0) is 25.3 Å². The minimum atomic E-state index is -0.540. The Hall–Kier alpha value is -2.06. The molecule has 2 saturated heterocycles. The van der Waals surface area contributed by atoms with Crippen molar-refractivity contribution >= 4 is 24.6 Å². The number of carbonyl (C=O) groups excluding carboxylic acids is 2. The molecule has 0 aromatic heterocycles. The molecule has 1 aromatic carbocycles. The zero-order chi connectivity index (χ0) is 24.6. The number of rotatable bonds is 4.